The molecule has 1 aromatic carbocycles. The van der Waals surface area contributed by atoms with E-state index in [1.54, 1.807) is 21.6 Å². The molecule has 3 aromatic rings. The van der Waals surface area contributed by atoms with Crippen molar-refractivity contribution in [3.63, 3.8) is 0 Å². The lowest BCUT2D eigenvalue weighted by molar-refractivity contribution is -0.140. The Morgan fingerprint density at radius 1 is 1.04 bits per heavy atom. The molecule has 0 aliphatic carbocycles. The van der Waals surface area contributed by atoms with Crippen molar-refractivity contribution in [2.45, 2.75) is 18.9 Å². The first-order valence-electron chi connectivity index (χ1n) is 8.76. The molecule has 0 bridgehead atoms. The van der Waals surface area contributed by atoms with Gasteiger partial charge in [0, 0.05) is 24.0 Å². The number of hydrogen-bond donors (Lipinski definition) is 0. The smallest absolute Gasteiger partial charge is 0.358 e. The van der Waals surface area contributed by atoms with Crippen LogP contribution in [0.25, 0.3) is 9.88 Å². The first-order chi connectivity index (χ1) is 13.2. The molecule has 0 N–H and O–H groups in total. The molecule has 1 aliphatic heterocycles. The van der Waals surface area contributed by atoms with Gasteiger partial charge in [0.25, 0.3) is 5.91 Å². The average Bonchev–Trinajstić information content (AvgIpc) is 3.47. The number of benzene rings is 1. The van der Waals surface area contributed by atoms with Gasteiger partial charge in [0.2, 0.25) is 6.10 Å². The zero-order valence-corrected chi connectivity index (χ0v) is 16.2. The summed E-state index contributed by atoms with van der Waals surface area (Å²) >= 11 is 2.96. The summed E-state index contributed by atoms with van der Waals surface area (Å²) in [5, 5.41) is 4.42. The predicted octanol–water partition coefficient (Wildman–Crippen LogP) is 4.39. The number of carbonyl (C=O) groups excluding carboxylic acids is 2. The van der Waals surface area contributed by atoms with Gasteiger partial charge in [-0.1, -0.05) is 36.4 Å². The lowest BCUT2D eigenvalue weighted by Crippen LogP contribution is -2.34. The van der Waals surface area contributed by atoms with Crippen LogP contribution in [0.2, 0.25) is 0 Å². The first kappa shape index (κ1) is 17.9. The molecule has 1 aliphatic rings. The van der Waals surface area contributed by atoms with E-state index < -0.39 is 12.1 Å². The molecule has 27 heavy (non-hydrogen) atoms. The molecule has 1 fully saturated rings. The van der Waals surface area contributed by atoms with Crippen LogP contribution >= 0.6 is 22.7 Å². The van der Waals surface area contributed by atoms with Gasteiger partial charge in [0.05, 0.1) is 4.88 Å². The fraction of sp³-hybridized carbons (Fsp3) is 0.250. The number of thiophene rings is 1. The molecule has 0 unspecified atom stereocenters. The summed E-state index contributed by atoms with van der Waals surface area (Å²) in [5.41, 5.74) is 0.912. The predicted molar refractivity (Wildman–Crippen MR) is 106 cm³/mol. The highest BCUT2D eigenvalue weighted by Crippen LogP contribution is 2.29. The SMILES string of the molecule is O=C(O[C@@H](C(=O)N1CCCC1)c1ccccc1)c1csc(-c2cccs2)n1. The van der Waals surface area contributed by atoms with Crippen molar-refractivity contribution >= 4 is 34.6 Å². The number of thiazole rings is 1. The summed E-state index contributed by atoms with van der Waals surface area (Å²) < 4.78 is 5.64. The Bertz CT molecular complexity index is 916. The quantitative estimate of drug-likeness (QED) is 0.598. The first-order valence-corrected chi connectivity index (χ1v) is 10.5. The number of rotatable bonds is 5. The van der Waals surface area contributed by atoms with E-state index in [2.05, 4.69) is 4.98 Å². The van der Waals surface area contributed by atoms with Crippen LogP contribution in [0, 0.1) is 0 Å². The van der Waals surface area contributed by atoms with Crippen molar-refractivity contribution in [1.29, 1.82) is 0 Å². The van der Waals surface area contributed by atoms with Gasteiger partial charge in [0.1, 0.15) is 5.01 Å². The van der Waals surface area contributed by atoms with Crippen LogP contribution in [0.5, 0.6) is 0 Å². The molecule has 138 valence electrons. The van der Waals surface area contributed by atoms with E-state index in [-0.39, 0.29) is 11.6 Å². The van der Waals surface area contributed by atoms with Gasteiger partial charge in [0.15, 0.2) is 5.69 Å². The Kier molecular flexibility index (Phi) is 5.31. The largest absolute Gasteiger partial charge is 0.443 e. The Balaban J connectivity index is 1.55. The molecule has 1 saturated heterocycles. The molecule has 0 saturated carbocycles. The molecule has 0 spiro atoms. The normalized spacial score (nSPS) is 14.9. The second-order valence-corrected chi connectivity index (χ2v) is 8.05. The van der Waals surface area contributed by atoms with Gasteiger partial charge in [-0.15, -0.1) is 22.7 Å². The third-order valence-electron chi connectivity index (χ3n) is 4.41. The van der Waals surface area contributed by atoms with Gasteiger partial charge in [-0.2, -0.15) is 0 Å². The van der Waals surface area contributed by atoms with Crippen molar-refractivity contribution in [3.8, 4) is 9.88 Å². The fourth-order valence-corrected chi connectivity index (χ4v) is 4.64. The molecule has 0 radical (unpaired) electrons. The van der Waals surface area contributed by atoms with E-state index in [9.17, 15) is 9.59 Å². The Labute approximate surface area is 165 Å². The average molecular weight is 399 g/mol. The summed E-state index contributed by atoms with van der Waals surface area (Å²) in [6.07, 6.45) is 1.03. The van der Waals surface area contributed by atoms with Gasteiger partial charge in [-0.25, -0.2) is 9.78 Å². The molecular formula is C20H18N2O3S2. The summed E-state index contributed by atoms with van der Waals surface area (Å²) in [5.74, 6) is -0.740. The van der Waals surface area contributed by atoms with Crippen molar-refractivity contribution in [2.24, 2.45) is 0 Å². The lowest BCUT2D eigenvalue weighted by atomic mass is 10.1. The van der Waals surface area contributed by atoms with Crippen LogP contribution < -0.4 is 0 Å². The maximum atomic E-state index is 12.9. The number of hydrogen-bond acceptors (Lipinski definition) is 6. The molecule has 5 nitrogen and oxygen atoms in total. The Morgan fingerprint density at radius 2 is 1.81 bits per heavy atom. The number of esters is 1. The lowest BCUT2D eigenvalue weighted by Gasteiger charge is -2.23. The maximum absolute atomic E-state index is 12.9. The van der Waals surface area contributed by atoms with Crippen LogP contribution in [-0.4, -0.2) is 34.8 Å². The second-order valence-electron chi connectivity index (χ2n) is 6.24. The summed E-state index contributed by atoms with van der Waals surface area (Å²) in [6.45, 7) is 1.41. The number of amides is 1. The molecule has 3 heterocycles. The summed E-state index contributed by atoms with van der Waals surface area (Å²) in [7, 11) is 0. The van der Waals surface area contributed by atoms with Gasteiger partial charge in [-0.05, 0) is 24.3 Å². The van der Waals surface area contributed by atoms with Crippen molar-refractivity contribution in [3.05, 3.63) is 64.5 Å². The van der Waals surface area contributed by atoms with Crippen LogP contribution in [-0.2, 0) is 9.53 Å². The van der Waals surface area contributed by atoms with E-state index in [0.29, 0.717) is 18.7 Å². The topological polar surface area (TPSA) is 59.5 Å². The monoisotopic (exact) mass is 398 g/mol. The molecule has 7 heteroatoms. The fourth-order valence-electron chi connectivity index (χ4n) is 3.04. The maximum Gasteiger partial charge on any atom is 0.358 e. The van der Waals surface area contributed by atoms with Gasteiger partial charge in [-0.3, -0.25) is 4.79 Å². The molecule has 1 atom stereocenters. The third-order valence-corrected chi connectivity index (χ3v) is 6.30. The van der Waals surface area contributed by atoms with E-state index in [1.807, 2.05) is 47.8 Å². The van der Waals surface area contributed by atoms with Crippen molar-refractivity contribution in [1.82, 2.24) is 9.88 Å². The van der Waals surface area contributed by atoms with Crippen LogP contribution in [0.15, 0.2) is 53.2 Å². The van der Waals surface area contributed by atoms with E-state index >= 15 is 0 Å². The van der Waals surface area contributed by atoms with Crippen molar-refractivity contribution < 1.29 is 14.3 Å². The summed E-state index contributed by atoms with van der Waals surface area (Å²) in [6, 6.07) is 13.1. The number of ether oxygens (including phenoxy) is 1. The minimum Gasteiger partial charge on any atom is -0.443 e. The highest BCUT2D eigenvalue weighted by Gasteiger charge is 2.31. The zero-order valence-electron chi connectivity index (χ0n) is 14.5. The van der Waals surface area contributed by atoms with E-state index in [1.165, 1.54) is 11.3 Å². The highest BCUT2D eigenvalue weighted by atomic mass is 32.1. The second kappa shape index (κ2) is 8.02. The molecule has 1 amide bonds. The zero-order chi connectivity index (χ0) is 18.6. The van der Waals surface area contributed by atoms with Crippen LogP contribution in [0.4, 0.5) is 0 Å². The van der Waals surface area contributed by atoms with Crippen LogP contribution in [0.1, 0.15) is 35.0 Å². The standard InChI is InChI=1S/C20H18N2O3S2/c23-19(22-10-4-5-11-22)17(14-7-2-1-3-8-14)25-20(24)15-13-27-18(21-15)16-9-6-12-26-16/h1-3,6-9,12-13,17H,4-5,10-11H2/t17-/m1/s1. The molecular weight excluding hydrogens is 380 g/mol. The van der Waals surface area contributed by atoms with Crippen LogP contribution in [0.3, 0.4) is 0 Å². The Morgan fingerprint density at radius 3 is 2.52 bits per heavy atom. The summed E-state index contributed by atoms with van der Waals surface area (Å²) in [4.78, 5) is 32.8. The number of carbonyl (C=O) groups is 2. The number of likely N-dealkylation sites (tertiary alicyclic amines) is 1. The van der Waals surface area contributed by atoms with E-state index in [4.69, 9.17) is 4.74 Å². The van der Waals surface area contributed by atoms with Gasteiger partial charge >= 0.3 is 5.97 Å². The number of aromatic nitrogens is 1. The molecule has 4 rings (SSSR count). The third kappa shape index (κ3) is 3.94. The Hall–Kier alpha value is -2.51. The number of nitrogens with zero attached hydrogens (tertiary/aromatic N) is 2. The molecule has 2 aromatic heterocycles. The minimum absolute atomic E-state index is 0.166. The van der Waals surface area contributed by atoms with Crippen molar-refractivity contribution in [2.75, 3.05) is 13.1 Å². The van der Waals surface area contributed by atoms with Gasteiger partial charge < -0.3 is 9.64 Å². The highest BCUT2D eigenvalue weighted by molar-refractivity contribution is 7.20. The minimum atomic E-state index is -0.941. The van der Waals surface area contributed by atoms with E-state index in [0.717, 1.165) is 22.7 Å².